The Morgan fingerprint density at radius 2 is 1.82 bits per heavy atom. The van der Waals surface area contributed by atoms with Gasteiger partial charge in [-0.15, -0.1) is 5.10 Å². The van der Waals surface area contributed by atoms with Crippen LogP contribution in [-0.2, 0) is 11.4 Å². The van der Waals surface area contributed by atoms with Crippen LogP contribution in [0.4, 0.5) is 11.6 Å². The Kier molecular flexibility index (Phi) is 10.1. The Morgan fingerprint density at radius 1 is 1.00 bits per heavy atom. The molecular formula is C33H35Cl2N5O3S. The molecule has 1 aliphatic heterocycles. The van der Waals surface area contributed by atoms with Crippen LogP contribution in [0.5, 0.6) is 11.5 Å². The van der Waals surface area contributed by atoms with E-state index in [1.807, 2.05) is 70.2 Å². The predicted molar refractivity (Wildman–Crippen MR) is 178 cm³/mol. The zero-order valence-electron chi connectivity index (χ0n) is 25.3. The molecule has 2 N–H and O–H groups in total. The summed E-state index contributed by atoms with van der Waals surface area (Å²) in [5, 5.41) is 12.9. The molecule has 1 aromatic heterocycles. The standard InChI is InChI=1S/C33H35Cl2N5O3S/c1-6-14-44-33-38-32-36-21(5)29(31(41)37-26-12-8-19(3)15-20(26)4)30(40(32)39-33)23-10-13-27(28(17-23)42-7-2)43-18-22-9-11-24(34)25(35)16-22/h8-13,15-17,30H,6-7,14,18H2,1-5H3,(H,37,41)(H,36,38,39). The number of rotatable bonds is 11. The average molecular weight is 653 g/mol. The van der Waals surface area contributed by atoms with E-state index in [0.29, 0.717) is 50.5 Å². The van der Waals surface area contributed by atoms with Crippen molar-refractivity contribution < 1.29 is 14.3 Å². The summed E-state index contributed by atoms with van der Waals surface area (Å²) in [5.74, 6) is 2.36. The maximum absolute atomic E-state index is 14.0. The molecule has 8 nitrogen and oxygen atoms in total. The molecule has 2 heterocycles. The maximum atomic E-state index is 14.0. The van der Waals surface area contributed by atoms with Gasteiger partial charge in [0.1, 0.15) is 12.6 Å². The quantitative estimate of drug-likeness (QED) is 0.157. The number of benzene rings is 3. The van der Waals surface area contributed by atoms with Gasteiger partial charge >= 0.3 is 0 Å². The fourth-order valence-corrected chi connectivity index (χ4v) is 6.01. The molecule has 230 valence electrons. The molecule has 44 heavy (non-hydrogen) atoms. The van der Waals surface area contributed by atoms with E-state index >= 15 is 0 Å². The number of allylic oxidation sites excluding steroid dienone is 1. The molecule has 0 saturated carbocycles. The fourth-order valence-electron chi connectivity index (χ4n) is 5.00. The van der Waals surface area contributed by atoms with Gasteiger partial charge in [0.15, 0.2) is 11.5 Å². The molecule has 1 unspecified atom stereocenters. The van der Waals surface area contributed by atoms with Crippen LogP contribution < -0.4 is 20.1 Å². The van der Waals surface area contributed by atoms with Gasteiger partial charge in [-0.25, -0.2) is 4.68 Å². The molecule has 1 amide bonds. The number of anilines is 2. The number of nitrogens with zero attached hydrogens (tertiary/aromatic N) is 3. The van der Waals surface area contributed by atoms with Gasteiger partial charge in [0.25, 0.3) is 5.91 Å². The summed E-state index contributed by atoms with van der Waals surface area (Å²) < 4.78 is 14.0. The Bertz CT molecular complexity index is 1720. The first kappa shape index (κ1) is 31.8. The van der Waals surface area contributed by atoms with E-state index in [-0.39, 0.29) is 12.5 Å². The summed E-state index contributed by atoms with van der Waals surface area (Å²) in [6.45, 7) is 10.6. The summed E-state index contributed by atoms with van der Waals surface area (Å²) in [7, 11) is 0. The number of amides is 1. The molecule has 0 spiro atoms. The maximum Gasteiger partial charge on any atom is 0.255 e. The highest BCUT2D eigenvalue weighted by atomic mass is 35.5. The number of halogens is 2. The van der Waals surface area contributed by atoms with E-state index in [0.717, 1.165) is 40.1 Å². The third kappa shape index (κ3) is 7.01. The Balaban J connectivity index is 1.53. The second-order valence-electron chi connectivity index (χ2n) is 10.5. The van der Waals surface area contributed by atoms with E-state index in [9.17, 15) is 4.79 Å². The lowest BCUT2D eigenvalue weighted by Crippen LogP contribution is -2.31. The molecule has 0 bridgehead atoms. The van der Waals surface area contributed by atoms with E-state index in [4.69, 9.17) is 42.8 Å². The second-order valence-corrected chi connectivity index (χ2v) is 12.4. The molecule has 3 aromatic carbocycles. The SMILES string of the molecule is CCCSc1nc2n(n1)C(c1ccc(OCc3ccc(Cl)c(Cl)c3)c(OCC)c1)C(C(=O)Nc1ccc(C)cc1C)=C(C)N2. The number of nitrogens with one attached hydrogen (secondary N) is 2. The van der Waals surface area contributed by atoms with Crippen LogP contribution in [-0.4, -0.2) is 33.0 Å². The second kappa shape index (κ2) is 14.0. The van der Waals surface area contributed by atoms with Crippen molar-refractivity contribution in [2.45, 2.75) is 58.8 Å². The Labute approximate surface area is 272 Å². The molecule has 1 atom stereocenters. The topological polar surface area (TPSA) is 90.3 Å². The van der Waals surface area contributed by atoms with Crippen molar-refractivity contribution in [3.8, 4) is 11.5 Å². The van der Waals surface area contributed by atoms with Gasteiger partial charge in [-0.2, -0.15) is 4.98 Å². The van der Waals surface area contributed by atoms with Gasteiger partial charge < -0.3 is 20.1 Å². The molecule has 11 heteroatoms. The summed E-state index contributed by atoms with van der Waals surface area (Å²) in [5.41, 5.74) is 5.77. The largest absolute Gasteiger partial charge is 0.490 e. The third-order valence-corrected chi connectivity index (χ3v) is 8.89. The van der Waals surface area contributed by atoms with Crippen molar-refractivity contribution in [1.82, 2.24) is 14.8 Å². The molecule has 0 aliphatic carbocycles. The van der Waals surface area contributed by atoms with Crippen molar-refractivity contribution in [3.63, 3.8) is 0 Å². The predicted octanol–water partition coefficient (Wildman–Crippen LogP) is 8.61. The van der Waals surface area contributed by atoms with Crippen LogP contribution in [0.25, 0.3) is 0 Å². The van der Waals surface area contributed by atoms with E-state index in [1.165, 1.54) is 0 Å². The van der Waals surface area contributed by atoms with Crippen LogP contribution in [0.15, 0.2) is 71.0 Å². The fraction of sp³-hybridized carbons (Fsp3) is 0.303. The summed E-state index contributed by atoms with van der Waals surface area (Å²) in [6, 6.07) is 16.5. The minimum atomic E-state index is -0.566. The van der Waals surface area contributed by atoms with E-state index in [2.05, 4.69) is 17.6 Å². The monoisotopic (exact) mass is 651 g/mol. The van der Waals surface area contributed by atoms with Gasteiger partial charge in [0, 0.05) is 17.1 Å². The molecule has 0 radical (unpaired) electrons. The zero-order chi connectivity index (χ0) is 31.4. The first-order valence-electron chi connectivity index (χ1n) is 14.5. The summed E-state index contributed by atoms with van der Waals surface area (Å²) >= 11 is 13.9. The Morgan fingerprint density at radius 3 is 2.55 bits per heavy atom. The molecule has 0 fully saturated rings. The number of carbonyl (C=O) groups excluding carboxylic acids is 1. The molecular weight excluding hydrogens is 617 g/mol. The molecule has 1 aliphatic rings. The molecule has 0 saturated heterocycles. The minimum Gasteiger partial charge on any atom is -0.490 e. The van der Waals surface area contributed by atoms with Gasteiger partial charge in [0.2, 0.25) is 11.1 Å². The van der Waals surface area contributed by atoms with Gasteiger partial charge in [-0.1, -0.05) is 71.7 Å². The highest BCUT2D eigenvalue weighted by molar-refractivity contribution is 7.99. The first-order chi connectivity index (χ1) is 21.2. The Hall–Kier alpha value is -3.66. The number of thioether (sulfide) groups is 1. The summed E-state index contributed by atoms with van der Waals surface area (Å²) in [6.07, 6.45) is 0.994. The summed E-state index contributed by atoms with van der Waals surface area (Å²) in [4.78, 5) is 18.8. The van der Waals surface area contributed by atoms with Crippen molar-refractivity contribution in [1.29, 1.82) is 0 Å². The lowest BCUT2D eigenvalue weighted by molar-refractivity contribution is -0.113. The normalized spacial score (nSPS) is 14.2. The van der Waals surface area contributed by atoms with Crippen LogP contribution in [0, 0.1) is 13.8 Å². The highest BCUT2D eigenvalue weighted by Crippen LogP contribution is 2.40. The average Bonchev–Trinajstić information content (AvgIpc) is 3.40. The zero-order valence-corrected chi connectivity index (χ0v) is 27.7. The number of hydrogen-bond acceptors (Lipinski definition) is 7. The number of hydrogen-bond donors (Lipinski definition) is 2. The van der Waals surface area contributed by atoms with E-state index in [1.54, 1.807) is 28.6 Å². The lowest BCUT2D eigenvalue weighted by atomic mass is 9.94. The van der Waals surface area contributed by atoms with Crippen molar-refractivity contribution in [2.24, 2.45) is 0 Å². The number of ether oxygens (including phenoxy) is 2. The minimum absolute atomic E-state index is 0.228. The smallest absolute Gasteiger partial charge is 0.255 e. The van der Waals surface area contributed by atoms with Gasteiger partial charge in [-0.05, 0) is 81.1 Å². The molecule has 4 aromatic rings. The number of fused-ring (bicyclic) bond motifs is 1. The van der Waals surface area contributed by atoms with Crippen LogP contribution >= 0.6 is 35.0 Å². The number of carbonyl (C=O) groups is 1. The van der Waals surface area contributed by atoms with Gasteiger partial charge in [-0.3, -0.25) is 4.79 Å². The third-order valence-electron chi connectivity index (χ3n) is 7.10. The van der Waals surface area contributed by atoms with Crippen molar-refractivity contribution in [3.05, 3.63) is 98.2 Å². The lowest BCUT2D eigenvalue weighted by Gasteiger charge is -2.29. The van der Waals surface area contributed by atoms with Crippen molar-refractivity contribution >= 4 is 52.5 Å². The van der Waals surface area contributed by atoms with E-state index < -0.39 is 6.04 Å². The van der Waals surface area contributed by atoms with Crippen LogP contribution in [0.2, 0.25) is 10.0 Å². The van der Waals surface area contributed by atoms with Gasteiger partial charge in [0.05, 0.1) is 22.2 Å². The first-order valence-corrected chi connectivity index (χ1v) is 16.2. The van der Waals surface area contributed by atoms with Crippen molar-refractivity contribution in [2.75, 3.05) is 23.0 Å². The number of aromatic nitrogens is 3. The van der Waals surface area contributed by atoms with Crippen LogP contribution in [0.1, 0.15) is 55.5 Å². The number of aryl methyl sites for hydroxylation is 2. The molecule has 5 rings (SSSR count). The van der Waals surface area contributed by atoms with Crippen LogP contribution in [0.3, 0.4) is 0 Å². The highest BCUT2D eigenvalue weighted by Gasteiger charge is 2.35.